The molecule has 1 saturated heterocycles. The fraction of sp³-hybridized carbons (Fsp3) is 0.294. The largest absolute Gasteiger partial charge is 0.463 e. The Kier molecular flexibility index (Phi) is 5.00. The summed E-state index contributed by atoms with van der Waals surface area (Å²) >= 11 is 0. The van der Waals surface area contributed by atoms with Crippen molar-refractivity contribution in [1.82, 2.24) is 9.73 Å². The normalized spacial score (nSPS) is 16.1. The first-order chi connectivity index (χ1) is 12.0. The molecular weight excluding hydrogens is 342 g/mol. The quantitative estimate of drug-likeness (QED) is 0.653. The molecule has 8 heteroatoms. The molecule has 0 bridgehead atoms. The van der Waals surface area contributed by atoms with Crippen LogP contribution in [0, 0.1) is 0 Å². The van der Waals surface area contributed by atoms with Crippen LogP contribution in [-0.4, -0.2) is 37.4 Å². The van der Waals surface area contributed by atoms with E-state index in [1.807, 2.05) is 0 Å². The number of carbonyl (C=O) groups excluding carboxylic acids is 1. The molecule has 3 rings (SSSR count). The first-order valence-electron chi connectivity index (χ1n) is 7.97. The summed E-state index contributed by atoms with van der Waals surface area (Å²) in [5.41, 5.74) is 3.29. The van der Waals surface area contributed by atoms with E-state index in [4.69, 9.17) is 4.42 Å². The van der Waals surface area contributed by atoms with Gasteiger partial charge in [-0.25, -0.2) is 13.8 Å². The van der Waals surface area contributed by atoms with Crippen molar-refractivity contribution in [2.45, 2.75) is 24.7 Å². The van der Waals surface area contributed by atoms with E-state index in [0.717, 1.165) is 12.8 Å². The summed E-state index contributed by atoms with van der Waals surface area (Å²) in [5.74, 6) is 0.142. The van der Waals surface area contributed by atoms with Gasteiger partial charge in [-0.2, -0.15) is 9.41 Å². The third-order valence-corrected chi connectivity index (χ3v) is 5.94. The summed E-state index contributed by atoms with van der Waals surface area (Å²) in [5, 5.41) is 3.97. The van der Waals surface area contributed by atoms with E-state index in [1.54, 1.807) is 19.1 Å². The van der Waals surface area contributed by atoms with Gasteiger partial charge in [0.2, 0.25) is 10.0 Å². The lowest BCUT2D eigenvalue weighted by molar-refractivity contribution is 0.0954. The Morgan fingerprint density at radius 3 is 2.44 bits per heavy atom. The number of rotatable bonds is 5. The lowest BCUT2D eigenvalue weighted by Gasteiger charge is -2.15. The highest BCUT2D eigenvalue weighted by molar-refractivity contribution is 7.89. The van der Waals surface area contributed by atoms with Crippen LogP contribution in [0.15, 0.2) is 57.1 Å². The average molecular weight is 361 g/mol. The van der Waals surface area contributed by atoms with E-state index in [-0.39, 0.29) is 4.90 Å². The number of furan rings is 1. The summed E-state index contributed by atoms with van der Waals surface area (Å²) in [6, 6.07) is 9.34. The Bertz CT molecular complexity index is 865. The molecular formula is C17H19N3O4S. The number of hydrazone groups is 1. The highest BCUT2D eigenvalue weighted by atomic mass is 32.2. The molecule has 0 saturated carbocycles. The SMILES string of the molecule is C/C(=N/NC(=O)c1ccc(S(=O)(=O)N2CCCC2)cc1)c1ccco1. The third-order valence-electron chi connectivity index (χ3n) is 4.02. The highest BCUT2D eigenvalue weighted by Gasteiger charge is 2.27. The summed E-state index contributed by atoms with van der Waals surface area (Å²) in [6.07, 6.45) is 3.29. The van der Waals surface area contributed by atoms with E-state index < -0.39 is 15.9 Å². The summed E-state index contributed by atoms with van der Waals surface area (Å²) in [4.78, 5) is 12.3. The molecule has 1 aromatic heterocycles. The maximum atomic E-state index is 12.5. The number of nitrogens with zero attached hydrogens (tertiary/aromatic N) is 2. The van der Waals surface area contributed by atoms with Gasteiger partial charge in [-0.05, 0) is 56.2 Å². The number of hydrogen-bond donors (Lipinski definition) is 1. The Labute approximate surface area is 146 Å². The molecule has 0 aliphatic carbocycles. The van der Waals surface area contributed by atoms with Gasteiger partial charge in [-0.15, -0.1) is 0 Å². The monoisotopic (exact) mass is 361 g/mol. The van der Waals surface area contributed by atoms with Crippen molar-refractivity contribution < 1.29 is 17.6 Å². The third kappa shape index (κ3) is 3.80. The number of carbonyl (C=O) groups is 1. The van der Waals surface area contributed by atoms with Gasteiger partial charge < -0.3 is 4.42 Å². The molecule has 25 heavy (non-hydrogen) atoms. The van der Waals surface area contributed by atoms with Crippen LogP contribution in [0.4, 0.5) is 0 Å². The van der Waals surface area contributed by atoms with Crippen LogP contribution < -0.4 is 5.43 Å². The Morgan fingerprint density at radius 2 is 1.84 bits per heavy atom. The second kappa shape index (κ2) is 7.20. The summed E-state index contributed by atoms with van der Waals surface area (Å²) in [7, 11) is -3.47. The van der Waals surface area contributed by atoms with E-state index in [2.05, 4.69) is 10.5 Å². The number of nitrogens with one attached hydrogen (secondary N) is 1. The van der Waals surface area contributed by atoms with Crippen LogP contribution in [-0.2, 0) is 10.0 Å². The van der Waals surface area contributed by atoms with Crippen LogP contribution in [0.5, 0.6) is 0 Å². The van der Waals surface area contributed by atoms with Gasteiger partial charge in [0.05, 0.1) is 11.2 Å². The molecule has 1 fully saturated rings. The second-order valence-electron chi connectivity index (χ2n) is 5.75. The Morgan fingerprint density at radius 1 is 1.16 bits per heavy atom. The lowest BCUT2D eigenvalue weighted by atomic mass is 10.2. The van der Waals surface area contributed by atoms with Gasteiger partial charge in [0.1, 0.15) is 11.5 Å². The fourth-order valence-electron chi connectivity index (χ4n) is 2.59. The minimum atomic E-state index is -3.47. The Balaban J connectivity index is 1.69. The van der Waals surface area contributed by atoms with E-state index >= 15 is 0 Å². The van der Waals surface area contributed by atoms with Crippen LogP contribution in [0.1, 0.15) is 35.9 Å². The average Bonchev–Trinajstić information content (AvgIpc) is 3.33. The molecule has 1 N–H and O–H groups in total. The topological polar surface area (TPSA) is 92.0 Å². The number of benzene rings is 1. The van der Waals surface area contributed by atoms with Crippen LogP contribution in [0.3, 0.4) is 0 Å². The minimum absolute atomic E-state index is 0.196. The minimum Gasteiger partial charge on any atom is -0.463 e. The summed E-state index contributed by atoms with van der Waals surface area (Å²) < 4.78 is 31.6. The van der Waals surface area contributed by atoms with Gasteiger partial charge >= 0.3 is 0 Å². The first kappa shape index (κ1) is 17.4. The fourth-order valence-corrected chi connectivity index (χ4v) is 4.11. The predicted octanol–water partition coefficient (Wildman–Crippen LogP) is 2.22. The maximum Gasteiger partial charge on any atom is 0.271 e. The van der Waals surface area contributed by atoms with Crippen molar-refractivity contribution in [3.05, 3.63) is 54.0 Å². The summed E-state index contributed by atoms with van der Waals surface area (Å²) in [6.45, 7) is 2.81. The number of sulfonamides is 1. The Hall–Kier alpha value is -2.45. The molecule has 0 unspecified atom stereocenters. The highest BCUT2D eigenvalue weighted by Crippen LogP contribution is 2.21. The van der Waals surface area contributed by atoms with Gasteiger partial charge in [-0.1, -0.05) is 0 Å². The zero-order valence-electron chi connectivity index (χ0n) is 13.8. The van der Waals surface area contributed by atoms with Crippen LogP contribution in [0.2, 0.25) is 0 Å². The molecule has 132 valence electrons. The lowest BCUT2D eigenvalue weighted by Crippen LogP contribution is -2.28. The van der Waals surface area contributed by atoms with Crippen LogP contribution >= 0.6 is 0 Å². The van der Waals surface area contributed by atoms with Crippen molar-refractivity contribution in [2.75, 3.05) is 13.1 Å². The van der Waals surface area contributed by atoms with Crippen LogP contribution in [0.25, 0.3) is 0 Å². The van der Waals surface area contributed by atoms with Crippen molar-refractivity contribution in [2.24, 2.45) is 5.10 Å². The zero-order valence-corrected chi connectivity index (χ0v) is 14.6. The molecule has 1 aliphatic rings. The van der Waals surface area contributed by atoms with E-state index in [9.17, 15) is 13.2 Å². The van der Waals surface area contributed by atoms with Crippen molar-refractivity contribution in [1.29, 1.82) is 0 Å². The zero-order chi connectivity index (χ0) is 17.9. The molecule has 1 aliphatic heterocycles. The standard InChI is InChI=1S/C17H19N3O4S/c1-13(16-5-4-12-24-16)18-19-17(21)14-6-8-15(9-7-14)25(22,23)20-10-2-3-11-20/h4-9,12H,2-3,10-11H2,1H3,(H,19,21)/b18-13-. The molecule has 2 aromatic rings. The molecule has 0 spiro atoms. The molecule has 0 radical (unpaired) electrons. The van der Waals surface area contributed by atoms with Gasteiger partial charge in [-0.3, -0.25) is 4.79 Å². The van der Waals surface area contributed by atoms with Crippen molar-refractivity contribution >= 4 is 21.6 Å². The van der Waals surface area contributed by atoms with E-state index in [1.165, 1.54) is 34.8 Å². The molecule has 1 amide bonds. The van der Waals surface area contributed by atoms with Gasteiger partial charge in [0.15, 0.2) is 0 Å². The number of hydrogen-bond acceptors (Lipinski definition) is 5. The number of amides is 1. The first-order valence-corrected chi connectivity index (χ1v) is 9.41. The van der Waals surface area contributed by atoms with Gasteiger partial charge in [0, 0.05) is 18.7 Å². The van der Waals surface area contributed by atoms with E-state index in [0.29, 0.717) is 30.1 Å². The molecule has 2 heterocycles. The van der Waals surface area contributed by atoms with Gasteiger partial charge in [0.25, 0.3) is 5.91 Å². The van der Waals surface area contributed by atoms with Crippen molar-refractivity contribution in [3.8, 4) is 0 Å². The molecule has 0 atom stereocenters. The molecule has 7 nitrogen and oxygen atoms in total. The maximum absolute atomic E-state index is 12.5. The van der Waals surface area contributed by atoms with Crippen molar-refractivity contribution in [3.63, 3.8) is 0 Å². The predicted molar refractivity (Wildman–Crippen MR) is 92.8 cm³/mol. The molecule has 1 aromatic carbocycles. The smallest absolute Gasteiger partial charge is 0.271 e. The second-order valence-corrected chi connectivity index (χ2v) is 7.69.